The van der Waals surface area contributed by atoms with Gasteiger partial charge in [0.05, 0.1) is 6.10 Å². The lowest BCUT2D eigenvalue weighted by molar-refractivity contribution is 0.232. The summed E-state index contributed by atoms with van der Waals surface area (Å²) in [6.45, 7) is 0. The van der Waals surface area contributed by atoms with E-state index in [0.29, 0.717) is 0 Å². The SMILES string of the molecule is OC1C=Cc2cc3c(cc21)CCC3. The normalized spacial score (nSPS) is 23.3. The summed E-state index contributed by atoms with van der Waals surface area (Å²) < 4.78 is 0. The third kappa shape index (κ3) is 0.971. The van der Waals surface area contributed by atoms with Crippen molar-refractivity contribution < 1.29 is 5.11 Å². The second kappa shape index (κ2) is 2.46. The van der Waals surface area contributed by atoms with E-state index in [1.165, 1.54) is 36.0 Å². The zero-order chi connectivity index (χ0) is 8.84. The Kier molecular flexibility index (Phi) is 1.39. The van der Waals surface area contributed by atoms with E-state index in [9.17, 15) is 5.11 Å². The maximum absolute atomic E-state index is 9.63. The van der Waals surface area contributed by atoms with Gasteiger partial charge in [0, 0.05) is 0 Å². The van der Waals surface area contributed by atoms with Crippen molar-refractivity contribution in [3.05, 3.63) is 40.5 Å². The van der Waals surface area contributed by atoms with Crippen molar-refractivity contribution >= 4 is 6.08 Å². The van der Waals surface area contributed by atoms with E-state index in [-0.39, 0.29) is 6.10 Å². The second-order valence-corrected chi connectivity index (χ2v) is 3.91. The average Bonchev–Trinajstić information content (AvgIpc) is 2.70. The molecule has 0 saturated carbocycles. The van der Waals surface area contributed by atoms with Gasteiger partial charge in [-0.3, -0.25) is 0 Å². The van der Waals surface area contributed by atoms with Crippen LogP contribution < -0.4 is 0 Å². The predicted octanol–water partition coefficient (Wildman–Crippen LogP) is 2.24. The molecular formula is C12H12O. The molecule has 0 amide bonds. The predicted molar refractivity (Wildman–Crippen MR) is 52.5 cm³/mol. The van der Waals surface area contributed by atoms with Crippen LogP contribution in [0.3, 0.4) is 0 Å². The molecule has 1 aromatic rings. The van der Waals surface area contributed by atoms with Crippen LogP contribution >= 0.6 is 0 Å². The van der Waals surface area contributed by atoms with E-state index in [1.807, 2.05) is 12.2 Å². The maximum Gasteiger partial charge on any atom is 0.0980 e. The number of aliphatic hydroxyl groups is 1. The highest BCUT2D eigenvalue weighted by Crippen LogP contribution is 2.33. The quantitative estimate of drug-likeness (QED) is 0.636. The lowest BCUT2D eigenvalue weighted by atomic mass is 10.0. The molecule has 13 heavy (non-hydrogen) atoms. The summed E-state index contributed by atoms with van der Waals surface area (Å²) in [5, 5.41) is 9.63. The van der Waals surface area contributed by atoms with Gasteiger partial charge in [-0.05, 0) is 41.5 Å². The molecule has 1 heteroatoms. The molecule has 0 aliphatic heterocycles. The third-order valence-electron chi connectivity index (χ3n) is 3.07. The minimum atomic E-state index is -0.360. The van der Waals surface area contributed by atoms with Crippen LogP contribution in [0.25, 0.3) is 6.08 Å². The lowest BCUT2D eigenvalue weighted by Crippen LogP contribution is -1.93. The highest BCUT2D eigenvalue weighted by atomic mass is 16.3. The van der Waals surface area contributed by atoms with Crippen LogP contribution in [0, 0.1) is 0 Å². The van der Waals surface area contributed by atoms with E-state index in [4.69, 9.17) is 0 Å². The molecule has 2 aliphatic carbocycles. The summed E-state index contributed by atoms with van der Waals surface area (Å²) in [6, 6.07) is 4.42. The molecule has 0 spiro atoms. The van der Waals surface area contributed by atoms with Gasteiger partial charge in [0.2, 0.25) is 0 Å². The summed E-state index contributed by atoms with van der Waals surface area (Å²) in [7, 11) is 0. The van der Waals surface area contributed by atoms with Crippen molar-refractivity contribution in [1.82, 2.24) is 0 Å². The summed E-state index contributed by atoms with van der Waals surface area (Å²) in [6.07, 6.45) is 7.21. The zero-order valence-corrected chi connectivity index (χ0v) is 7.46. The second-order valence-electron chi connectivity index (χ2n) is 3.91. The molecule has 0 fully saturated rings. The molecule has 1 N–H and O–H groups in total. The molecule has 1 unspecified atom stereocenters. The molecular weight excluding hydrogens is 160 g/mol. The van der Waals surface area contributed by atoms with Crippen LogP contribution in [0.1, 0.15) is 34.8 Å². The first kappa shape index (κ1) is 7.34. The summed E-state index contributed by atoms with van der Waals surface area (Å²) in [5.41, 5.74) is 5.24. The standard InChI is InChI=1S/C12H12O/c13-12-5-4-10-6-8-2-1-3-9(8)7-11(10)12/h4-7,12-13H,1-3H2. The Morgan fingerprint density at radius 1 is 1.15 bits per heavy atom. The molecule has 66 valence electrons. The van der Waals surface area contributed by atoms with Crippen molar-refractivity contribution in [3.8, 4) is 0 Å². The van der Waals surface area contributed by atoms with Crippen molar-refractivity contribution in [2.75, 3.05) is 0 Å². The molecule has 1 nitrogen and oxygen atoms in total. The van der Waals surface area contributed by atoms with Gasteiger partial charge in [-0.2, -0.15) is 0 Å². The van der Waals surface area contributed by atoms with Gasteiger partial charge >= 0.3 is 0 Å². The van der Waals surface area contributed by atoms with Crippen LogP contribution in [-0.4, -0.2) is 5.11 Å². The van der Waals surface area contributed by atoms with Gasteiger partial charge in [0.25, 0.3) is 0 Å². The Bertz CT molecular complexity index is 390. The van der Waals surface area contributed by atoms with Gasteiger partial charge in [-0.1, -0.05) is 24.3 Å². The first-order chi connectivity index (χ1) is 6.34. The fourth-order valence-electron chi connectivity index (χ4n) is 2.36. The molecule has 0 aromatic heterocycles. The van der Waals surface area contributed by atoms with Crippen LogP contribution in [0.2, 0.25) is 0 Å². The van der Waals surface area contributed by atoms with Crippen LogP contribution in [0.5, 0.6) is 0 Å². The van der Waals surface area contributed by atoms with Gasteiger partial charge in [-0.25, -0.2) is 0 Å². The Balaban J connectivity index is 2.20. The summed E-state index contributed by atoms with van der Waals surface area (Å²) >= 11 is 0. The van der Waals surface area contributed by atoms with Crippen molar-refractivity contribution in [1.29, 1.82) is 0 Å². The minimum Gasteiger partial charge on any atom is -0.384 e. The number of aryl methyl sites for hydroxylation is 2. The van der Waals surface area contributed by atoms with Crippen LogP contribution in [0.15, 0.2) is 18.2 Å². The molecule has 0 bridgehead atoms. The number of fused-ring (bicyclic) bond motifs is 2. The van der Waals surface area contributed by atoms with Crippen molar-refractivity contribution in [2.45, 2.75) is 25.4 Å². The largest absolute Gasteiger partial charge is 0.384 e. The van der Waals surface area contributed by atoms with Crippen molar-refractivity contribution in [2.24, 2.45) is 0 Å². The Morgan fingerprint density at radius 3 is 2.77 bits per heavy atom. The molecule has 1 atom stereocenters. The monoisotopic (exact) mass is 172 g/mol. The molecule has 0 radical (unpaired) electrons. The zero-order valence-electron chi connectivity index (χ0n) is 7.46. The third-order valence-corrected chi connectivity index (χ3v) is 3.07. The number of hydrogen-bond acceptors (Lipinski definition) is 1. The van der Waals surface area contributed by atoms with Gasteiger partial charge < -0.3 is 5.11 Å². The summed E-state index contributed by atoms with van der Waals surface area (Å²) in [5.74, 6) is 0. The van der Waals surface area contributed by atoms with Gasteiger partial charge in [0.15, 0.2) is 0 Å². The van der Waals surface area contributed by atoms with Gasteiger partial charge in [-0.15, -0.1) is 0 Å². The number of rotatable bonds is 0. The highest BCUT2D eigenvalue weighted by molar-refractivity contribution is 5.63. The molecule has 3 rings (SSSR count). The average molecular weight is 172 g/mol. The van der Waals surface area contributed by atoms with Crippen LogP contribution in [0.4, 0.5) is 0 Å². The molecule has 2 aliphatic rings. The van der Waals surface area contributed by atoms with Gasteiger partial charge in [0.1, 0.15) is 0 Å². The Hall–Kier alpha value is -1.08. The van der Waals surface area contributed by atoms with Crippen molar-refractivity contribution in [3.63, 3.8) is 0 Å². The minimum absolute atomic E-state index is 0.360. The Morgan fingerprint density at radius 2 is 1.92 bits per heavy atom. The molecule has 1 aromatic carbocycles. The fourth-order valence-corrected chi connectivity index (χ4v) is 2.36. The number of hydrogen-bond donors (Lipinski definition) is 1. The molecule has 0 heterocycles. The van der Waals surface area contributed by atoms with E-state index in [1.54, 1.807) is 0 Å². The van der Waals surface area contributed by atoms with E-state index < -0.39 is 0 Å². The maximum atomic E-state index is 9.63. The van der Waals surface area contributed by atoms with Crippen LogP contribution in [-0.2, 0) is 12.8 Å². The first-order valence-electron chi connectivity index (χ1n) is 4.86. The first-order valence-corrected chi connectivity index (χ1v) is 4.86. The van der Waals surface area contributed by atoms with E-state index in [0.717, 1.165) is 5.56 Å². The fraction of sp³-hybridized carbons (Fsp3) is 0.333. The number of aliphatic hydroxyl groups excluding tert-OH is 1. The smallest absolute Gasteiger partial charge is 0.0980 e. The highest BCUT2D eigenvalue weighted by Gasteiger charge is 2.19. The lowest BCUT2D eigenvalue weighted by Gasteiger charge is -2.07. The van der Waals surface area contributed by atoms with E-state index >= 15 is 0 Å². The topological polar surface area (TPSA) is 20.2 Å². The number of benzene rings is 1. The summed E-state index contributed by atoms with van der Waals surface area (Å²) in [4.78, 5) is 0. The molecule has 0 saturated heterocycles. The Labute approximate surface area is 77.7 Å². The van der Waals surface area contributed by atoms with E-state index in [2.05, 4.69) is 12.1 Å².